The van der Waals surface area contributed by atoms with Crippen LogP contribution in [0.5, 0.6) is 5.75 Å². The fourth-order valence-corrected chi connectivity index (χ4v) is 7.12. The summed E-state index contributed by atoms with van der Waals surface area (Å²) >= 11 is 0. The molecule has 0 aromatic heterocycles. The number of fused-ring (bicyclic) bond motifs is 2. The zero-order valence-corrected chi connectivity index (χ0v) is 26.8. The molecule has 1 nitrogen and oxygen atoms in total. The second kappa shape index (κ2) is 10.2. The van der Waals surface area contributed by atoms with Crippen molar-refractivity contribution in [2.24, 2.45) is 0 Å². The molecule has 42 heavy (non-hydrogen) atoms. The van der Waals surface area contributed by atoms with Gasteiger partial charge in [-0.05, 0) is 93.3 Å². The van der Waals surface area contributed by atoms with Crippen LogP contribution in [0.25, 0.3) is 33.9 Å². The molecule has 0 saturated heterocycles. The van der Waals surface area contributed by atoms with Gasteiger partial charge < -0.3 is 4.74 Å². The molecule has 214 valence electrons. The minimum atomic E-state index is -0.0707. The largest absolute Gasteiger partial charge is 0.496 e. The van der Waals surface area contributed by atoms with E-state index in [2.05, 4.69) is 140 Å². The maximum atomic E-state index is 6.24. The van der Waals surface area contributed by atoms with E-state index in [0.717, 1.165) is 12.2 Å². The summed E-state index contributed by atoms with van der Waals surface area (Å²) in [5.74, 6) is 1.20. The van der Waals surface area contributed by atoms with Crippen LogP contribution in [0, 0.1) is 0 Å². The number of methoxy groups -OCH3 is 1. The Kier molecular flexibility index (Phi) is 6.84. The standard InChI is InChI=1S/C41H44O/c1-25-20-29-22-30(40(3,4)5)23-31(27-16-12-10-13-17-27)37(29)36(25)35-26(2)21-32-33(35)24-34(41(6,7)8)39(42-9)38(32)28-18-14-11-15-19-28/h10-19,21-24,35H,20H2,1-9H3. The molecule has 0 amide bonds. The first kappa shape index (κ1) is 28.3. The van der Waals surface area contributed by atoms with Gasteiger partial charge in [0, 0.05) is 17.0 Å². The van der Waals surface area contributed by atoms with Gasteiger partial charge in [-0.2, -0.15) is 0 Å². The third-order valence-electron chi connectivity index (χ3n) is 9.21. The van der Waals surface area contributed by atoms with Crippen molar-refractivity contribution in [3.63, 3.8) is 0 Å². The van der Waals surface area contributed by atoms with Crippen molar-refractivity contribution < 1.29 is 4.74 Å². The van der Waals surface area contributed by atoms with Crippen LogP contribution in [0.4, 0.5) is 0 Å². The van der Waals surface area contributed by atoms with E-state index in [4.69, 9.17) is 4.74 Å². The number of ether oxygens (including phenoxy) is 1. The van der Waals surface area contributed by atoms with Crippen molar-refractivity contribution >= 4 is 11.6 Å². The highest BCUT2D eigenvalue weighted by molar-refractivity contribution is 5.97. The van der Waals surface area contributed by atoms with E-state index < -0.39 is 0 Å². The normalized spacial score (nSPS) is 16.4. The van der Waals surface area contributed by atoms with Crippen LogP contribution in [0.3, 0.4) is 0 Å². The smallest absolute Gasteiger partial charge is 0.131 e. The van der Waals surface area contributed by atoms with Crippen LogP contribution in [0.2, 0.25) is 0 Å². The van der Waals surface area contributed by atoms with Crippen LogP contribution in [-0.2, 0) is 17.3 Å². The van der Waals surface area contributed by atoms with Gasteiger partial charge in [-0.1, -0.05) is 125 Å². The highest BCUT2D eigenvalue weighted by Gasteiger charge is 2.38. The van der Waals surface area contributed by atoms with Crippen molar-refractivity contribution in [3.8, 4) is 28.0 Å². The van der Waals surface area contributed by atoms with E-state index in [1.165, 1.54) is 72.4 Å². The number of hydrogen-bond acceptors (Lipinski definition) is 1. The predicted molar refractivity (Wildman–Crippen MR) is 180 cm³/mol. The Hall–Kier alpha value is -3.84. The third kappa shape index (κ3) is 4.64. The van der Waals surface area contributed by atoms with Crippen LogP contribution in [0.1, 0.15) is 94.7 Å². The number of benzene rings is 4. The number of hydrogen-bond donors (Lipinski definition) is 0. The lowest BCUT2D eigenvalue weighted by Crippen LogP contribution is -2.16. The Balaban J connectivity index is 1.64. The molecule has 0 heterocycles. The van der Waals surface area contributed by atoms with Gasteiger partial charge in [-0.25, -0.2) is 0 Å². The van der Waals surface area contributed by atoms with Crippen LogP contribution >= 0.6 is 0 Å². The van der Waals surface area contributed by atoms with Crippen molar-refractivity contribution in [1.82, 2.24) is 0 Å². The summed E-state index contributed by atoms with van der Waals surface area (Å²) in [5.41, 5.74) is 17.7. The highest BCUT2D eigenvalue weighted by Crippen LogP contribution is 2.56. The van der Waals surface area contributed by atoms with Gasteiger partial charge in [0.1, 0.15) is 5.75 Å². The summed E-state index contributed by atoms with van der Waals surface area (Å²) < 4.78 is 6.24. The fraction of sp³-hybridized carbons (Fsp3) is 0.317. The molecular formula is C41H44O. The summed E-state index contributed by atoms with van der Waals surface area (Å²) in [6, 6.07) is 29.2. The molecule has 1 atom stereocenters. The first-order valence-electron chi connectivity index (χ1n) is 15.3. The minimum Gasteiger partial charge on any atom is -0.496 e. The van der Waals surface area contributed by atoms with Gasteiger partial charge >= 0.3 is 0 Å². The molecule has 0 aliphatic heterocycles. The van der Waals surface area contributed by atoms with E-state index in [1.807, 2.05) is 7.11 Å². The number of allylic oxidation sites excluding steroid dienone is 3. The SMILES string of the molecule is COc1c(C(C)(C)C)cc2c(c1-c1ccccc1)C=C(C)C2C1=C(C)Cc2cc(C(C)(C)C)cc(-c3ccccc3)c21. The Morgan fingerprint density at radius 2 is 1.33 bits per heavy atom. The minimum absolute atomic E-state index is 0.0707. The summed E-state index contributed by atoms with van der Waals surface area (Å²) in [4.78, 5) is 0. The number of rotatable bonds is 4. The summed E-state index contributed by atoms with van der Waals surface area (Å²) in [7, 11) is 1.82. The molecule has 0 bridgehead atoms. The molecule has 2 aliphatic carbocycles. The van der Waals surface area contributed by atoms with E-state index in [-0.39, 0.29) is 16.7 Å². The van der Waals surface area contributed by atoms with Crippen molar-refractivity contribution in [2.75, 3.05) is 7.11 Å². The van der Waals surface area contributed by atoms with E-state index in [9.17, 15) is 0 Å². The van der Waals surface area contributed by atoms with Crippen molar-refractivity contribution in [2.45, 2.75) is 78.6 Å². The van der Waals surface area contributed by atoms with Crippen LogP contribution < -0.4 is 4.74 Å². The molecule has 0 radical (unpaired) electrons. The first-order chi connectivity index (χ1) is 19.9. The van der Waals surface area contributed by atoms with Crippen LogP contribution in [0.15, 0.2) is 90.0 Å². The predicted octanol–water partition coefficient (Wildman–Crippen LogP) is 11.2. The maximum Gasteiger partial charge on any atom is 0.131 e. The van der Waals surface area contributed by atoms with Gasteiger partial charge in [0.2, 0.25) is 0 Å². The average Bonchev–Trinajstić information content (AvgIpc) is 3.45. The molecule has 0 N–H and O–H groups in total. The molecule has 0 fully saturated rings. The van der Waals surface area contributed by atoms with Crippen molar-refractivity contribution in [1.29, 1.82) is 0 Å². The van der Waals surface area contributed by atoms with E-state index >= 15 is 0 Å². The summed E-state index contributed by atoms with van der Waals surface area (Å²) in [6.45, 7) is 18.6. The summed E-state index contributed by atoms with van der Waals surface area (Å²) in [5, 5.41) is 0. The fourth-order valence-electron chi connectivity index (χ4n) is 7.12. The lowest BCUT2D eigenvalue weighted by molar-refractivity contribution is 0.399. The van der Waals surface area contributed by atoms with Gasteiger partial charge in [-0.15, -0.1) is 0 Å². The molecule has 2 aliphatic rings. The Bertz CT molecular complexity index is 1740. The topological polar surface area (TPSA) is 9.23 Å². The highest BCUT2D eigenvalue weighted by atomic mass is 16.5. The average molecular weight is 553 g/mol. The summed E-state index contributed by atoms with van der Waals surface area (Å²) in [6.07, 6.45) is 3.43. The Labute approximate surface area is 253 Å². The molecule has 4 aromatic carbocycles. The zero-order chi connectivity index (χ0) is 30.0. The van der Waals surface area contributed by atoms with Gasteiger partial charge in [0.15, 0.2) is 0 Å². The maximum absolute atomic E-state index is 6.24. The van der Waals surface area contributed by atoms with E-state index in [0.29, 0.717) is 0 Å². The molecule has 1 unspecified atom stereocenters. The quantitative estimate of drug-likeness (QED) is 0.245. The van der Waals surface area contributed by atoms with Gasteiger partial charge in [-0.3, -0.25) is 0 Å². The monoisotopic (exact) mass is 552 g/mol. The molecule has 6 rings (SSSR count). The zero-order valence-electron chi connectivity index (χ0n) is 26.8. The van der Waals surface area contributed by atoms with E-state index in [1.54, 1.807) is 0 Å². The second-order valence-corrected chi connectivity index (χ2v) is 14.3. The lowest BCUT2D eigenvalue weighted by atomic mass is 9.76. The lowest BCUT2D eigenvalue weighted by Gasteiger charge is -2.29. The Morgan fingerprint density at radius 3 is 1.90 bits per heavy atom. The Morgan fingerprint density at radius 1 is 0.714 bits per heavy atom. The van der Waals surface area contributed by atoms with Gasteiger partial charge in [0.05, 0.1) is 7.11 Å². The van der Waals surface area contributed by atoms with Crippen LogP contribution in [-0.4, -0.2) is 7.11 Å². The molecular weight excluding hydrogens is 508 g/mol. The van der Waals surface area contributed by atoms with Gasteiger partial charge in [0.25, 0.3) is 0 Å². The molecule has 0 saturated carbocycles. The molecule has 1 heteroatoms. The third-order valence-corrected chi connectivity index (χ3v) is 9.21. The van der Waals surface area contributed by atoms with Crippen molar-refractivity contribution in [3.05, 3.63) is 123 Å². The second-order valence-electron chi connectivity index (χ2n) is 14.3. The molecule has 4 aromatic rings. The molecule has 0 spiro atoms. The first-order valence-corrected chi connectivity index (χ1v) is 15.3.